The third kappa shape index (κ3) is 4.10. The van der Waals surface area contributed by atoms with Crippen molar-refractivity contribution < 1.29 is 9.53 Å². The van der Waals surface area contributed by atoms with Gasteiger partial charge in [-0.1, -0.05) is 12.1 Å². The topological polar surface area (TPSA) is 64.3 Å². The summed E-state index contributed by atoms with van der Waals surface area (Å²) in [5.74, 6) is 0.469. The molecule has 0 radical (unpaired) electrons. The Balaban J connectivity index is 2.04. The zero-order valence-corrected chi connectivity index (χ0v) is 14.0. The molecule has 0 aliphatic heterocycles. The van der Waals surface area contributed by atoms with Crippen molar-refractivity contribution in [3.8, 4) is 5.75 Å². The van der Waals surface area contributed by atoms with Gasteiger partial charge < -0.3 is 15.8 Å². The second kappa shape index (κ2) is 6.80. The third-order valence-corrected chi connectivity index (χ3v) is 3.78. The van der Waals surface area contributed by atoms with Gasteiger partial charge in [0.1, 0.15) is 5.75 Å². The second-order valence-corrected chi connectivity index (χ2v) is 5.97. The minimum Gasteiger partial charge on any atom is -0.481 e. The molecule has 5 heteroatoms. The van der Waals surface area contributed by atoms with Gasteiger partial charge in [0.25, 0.3) is 5.91 Å². The van der Waals surface area contributed by atoms with Gasteiger partial charge in [-0.05, 0) is 72.3 Å². The number of anilines is 2. The van der Waals surface area contributed by atoms with Crippen LogP contribution < -0.4 is 15.8 Å². The molecular weight excluding hydrogens is 379 g/mol. The van der Waals surface area contributed by atoms with Gasteiger partial charge in [-0.15, -0.1) is 0 Å². The summed E-state index contributed by atoms with van der Waals surface area (Å²) in [4.78, 5) is 12.2. The van der Waals surface area contributed by atoms with Crippen LogP contribution in [0.25, 0.3) is 0 Å². The SMILES string of the molecule is Cc1c(N)cccc1NC(=O)C(C)Oc1cccc(I)c1. The quantitative estimate of drug-likeness (QED) is 0.614. The van der Waals surface area contributed by atoms with Crippen molar-refractivity contribution in [3.63, 3.8) is 0 Å². The largest absolute Gasteiger partial charge is 0.481 e. The van der Waals surface area contributed by atoms with Gasteiger partial charge in [0.05, 0.1) is 0 Å². The number of rotatable bonds is 4. The Labute approximate surface area is 137 Å². The smallest absolute Gasteiger partial charge is 0.265 e. The summed E-state index contributed by atoms with van der Waals surface area (Å²) in [6.07, 6.45) is -0.593. The highest BCUT2D eigenvalue weighted by molar-refractivity contribution is 14.1. The van der Waals surface area contributed by atoms with E-state index in [0.29, 0.717) is 17.1 Å². The first-order valence-electron chi connectivity index (χ1n) is 6.55. The number of nitrogen functional groups attached to an aromatic ring is 1. The van der Waals surface area contributed by atoms with Crippen LogP contribution in [-0.4, -0.2) is 12.0 Å². The zero-order chi connectivity index (χ0) is 15.4. The number of ether oxygens (including phenoxy) is 1. The Hall–Kier alpha value is -1.76. The number of halogens is 1. The van der Waals surface area contributed by atoms with E-state index in [1.807, 2.05) is 43.3 Å². The fraction of sp³-hybridized carbons (Fsp3) is 0.188. The number of amides is 1. The summed E-state index contributed by atoms with van der Waals surface area (Å²) < 4.78 is 6.71. The molecule has 21 heavy (non-hydrogen) atoms. The molecule has 1 amide bonds. The van der Waals surface area contributed by atoms with E-state index < -0.39 is 6.10 Å². The minimum absolute atomic E-state index is 0.206. The number of hydrogen-bond donors (Lipinski definition) is 2. The Morgan fingerprint density at radius 3 is 2.71 bits per heavy atom. The van der Waals surface area contributed by atoms with Crippen LogP contribution in [0.4, 0.5) is 11.4 Å². The van der Waals surface area contributed by atoms with E-state index in [2.05, 4.69) is 27.9 Å². The van der Waals surface area contributed by atoms with Crippen LogP contribution in [0, 0.1) is 10.5 Å². The van der Waals surface area contributed by atoms with E-state index >= 15 is 0 Å². The Bertz CT molecular complexity index is 658. The molecule has 110 valence electrons. The predicted molar refractivity (Wildman–Crippen MR) is 93.5 cm³/mol. The van der Waals surface area contributed by atoms with Crippen molar-refractivity contribution in [3.05, 3.63) is 51.6 Å². The number of benzene rings is 2. The van der Waals surface area contributed by atoms with Crippen LogP contribution in [0.3, 0.4) is 0 Å². The molecule has 0 saturated carbocycles. The molecule has 2 aromatic rings. The molecule has 0 aliphatic carbocycles. The van der Waals surface area contributed by atoms with Crippen LogP contribution in [0.2, 0.25) is 0 Å². The molecule has 1 atom stereocenters. The van der Waals surface area contributed by atoms with E-state index in [1.54, 1.807) is 13.0 Å². The summed E-state index contributed by atoms with van der Waals surface area (Å²) in [6, 6.07) is 13.0. The molecule has 2 aromatic carbocycles. The lowest BCUT2D eigenvalue weighted by Gasteiger charge is -2.16. The summed E-state index contributed by atoms with van der Waals surface area (Å²) in [6.45, 7) is 3.59. The maximum absolute atomic E-state index is 12.2. The normalized spacial score (nSPS) is 11.8. The van der Waals surface area contributed by atoms with Gasteiger partial charge in [0, 0.05) is 14.9 Å². The number of nitrogens with two attached hydrogens (primary N) is 1. The van der Waals surface area contributed by atoms with Crippen molar-refractivity contribution in [1.29, 1.82) is 0 Å². The van der Waals surface area contributed by atoms with Crippen molar-refractivity contribution in [2.75, 3.05) is 11.1 Å². The maximum Gasteiger partial charge on any atom is 0.265 e. The van der Waals surface area contributed by atoms with Crippen molar-refractivity contribution in [2.24, 2.45) is 0 Å². The summed E-state index contributed by atoms with van der Waals surface area (Å²) >= 11 is 2.20. The molecule has 1 unspecified atom stereocenters. The average Bonchev–Trinajstić information content (AvgIpc) is 2.44. The second-order valence-electron chi connectivity index (χ2n) is 4.73. The molecule has 2 rings (SSSR count). The Kier molecular flexibility index (Phi) is 5.06. The summed E-state index contributed by atoms with van der Waals surface area (Å²) in [7, 11) is 0. The van der Waals surface area contributed by atoms with Gasteiger partial charge in [-0.2, -0.15) is 0 Å². The molecule has 4 nitrogen and oxygen atoms in total. The zero-order valence-electron chi connectivity index (χ0n) is 11.9. The van der Waals surface area contributed by atoms with Crippen LogP contribution >= 0.6 is 22.6 Å². The van der Waals surface area contributed by atoms with Gasteiger partial charge in [-0.3, -0.25) is 4.79 Å². The monoisotopic (exact) mass is 396 g/mol. The van der Waals surface area contributed by atoms with Gasteiger partial charge >= 0.3 is 0 Å². The lowest BCUT2D eigenvalue weighted by Crippen LogP contribution is -2.30. The molecule has 0 spiro atoms. The van der Waals surface area contributed by atoms with Gasteiger partial charge in [-0.25, -0.2) is 0 Å². The number of carbonyl (C=O) groups is 1. The number of hydrogen-bond acceptors (Lipinski definition) is 3. The maximum atomic E-state index is 12.2. The lowest BCUT2D eigenvalue weighted by atomic mass is 10.1. The Morgan fingerprint density at radius 1 is 1.29 bits per heavy atom. The molecule has 0 aromatic heterocycles. The fourth-order valence-electron chi connectivity index (χ4n) is 1.82. The van der Waals surface area contributed by atoms with Gasteiger partial charge in [0.15, 0.2) is 6.10 Å². The average molecular weight is 396 g/mol. The van der Waals surface area contributed by atoms with Crippen molar-refractivity contribution >= 4 is 39.9 Å². The molecule has 0 bridgehead atoms. The first kappa shape index (κ1) is 15.6. The van der Waals surface area contributed by atoms with Crippen LogP contribution in [0.5, 0.6) is 5.75 Å². The molecule has 0 saturated heterocycles. The minimum atomic E-state index is -0.593. The first-order chi connectivity index (χ1) is 9.97. The fourth-order valence-corrected chi connectivity index (χ4v) is 2.34. The van der Waals surface area contributed by atoms with E-state index in [1.165, 1.54) is 0 Å². The van der Waals surface area contributed by atoms with Crippen molar-refractivity contribution in [1.82, 2.24) is 0 Å². The van der Waals surface area contributed by atoms with Crippen LogP contribution in [0.15, 0.2) is 42.5 Å². The predicted octanol–water partition coefficient (Wildman–Crippen LogP) is 3.59. The van der Waals surface area contributed by atoms with Crippen LogP contribution in [-0.2, 0) is 4.79 Å². The molecular formula is C16H17IN2O2. The van der Waals surface area contributed by atoms with Crippen LogP contribution in [0.1, 0.15) is 12.5 Å². The molecule has 0 fully saturated rings. The Morgan fingerprint density at radius 2 is 2.00 bits per heavy atom. The highest BCUT2D eigenvalue weighted by Gasteiger charge is 2.16. The standard InChI is InChI=1S/C16H17IN2O2/c1-10-14(18)7-4-8-15(10)19-16(20)11(2)21-13-6-3-5-12(17)9-13/h3-9,11H,18H2,1-2H3,(H,19,20). The van der Waals surface area contributed by atoms with E-state index in [9.17, 15) is 4.79 Å². The van der Waals surface area contributed by atoms with Crippen molar-refractivity contribution in [2.45, 2.75) is 20.0 Å². The number of nitrogens with one attached hydrogen (secondary N) is 1. The van der Waals surface area contributed by atoms with Gasteiger partial charge in [0.2, 0.25) is 0 Å². The number of carbonyl (C=O) groups excluding carboxylic acids is 1. The van der Waals surface area contributed by atoms with E-state index in [0.717, 1.165) is 9.13 Å². The van der Waals surface area contributed by atoms with E-state index in [-0.39, 0.29) is 5.91 Å². The summed E-state index contributed by atoms with van der Waals surface area (Å²) in [5.41, 5.74) is 8.04. The highest BCUT2D eigenvalue weighted by atomic mass is 127. The summed E-state index contributed by atoms with van der Waals surface area (Å²) in [5, 5.41) is 2.84. The molecule has 3 N–H and O–H groups in total. The first-order valence-corrected chi connectivity index (χ1v) is 7.63. The molecule has 0 heterocycles. The third-order valence-electron chi connectivity index (χ3n) is 3.11. The van der Waals surface area contributed by atoms with E-state index in [4.69, 9.17) is 10.5 Å². The highest BCUT2D eigenvalue weighted by Crippen LogP contribution is 2.21. The molecule has 0 aliphatic rings. The lowest BCUT2D eigenvalue weighted by molar-refractivity contribution is -0.122.